The minimum Gasteiger partial charge on any atom is -0.493 e. The van der Waals surface area contributed by atoms with Gasteiger partial charge in [-0.1, -0.05) is 59.3 Å². The van der Waals surface area contributed by atoms with Crippen molar-refractivity contribution < 1.29 is 19.0 Å². The maximum Gasteiger partial charge on any atom is 0.338 e. The highest BCUT2D eigenvalue weighted by Crippen LogP contribution is 2.36. The SMILES string of the molecule is C=CCOc1ccc(C2C(C(=O)OC)=C(C)N=c3sc(=Cc4ccc(Cl)c(Cl)c4)c(=O)n32)cc1OC. The molecule has 10 heteroatoms. The maximum atomic E-state index is 13.7. The van der Waals surface area contributed by atoms with E-state index in [2.05, 4.69) is 11.6 Å². The van der Waals surface area contributed by atoms with Crippen molar-refractivity contribution in [1.29, 1.82) is 0 Å². The predicted octanol–water partition coefficient (Wildman–Crippen LogP) is 4.29. The van der Waals surface area contributed by atoms with Gasteiger partial charge in [-0.05, 0) is 48.4 Å². The van der Waals surface area contributed by atoms with Crippen LogP contribution >= 0.6 is 34.5 Å². The first-order chi connectivity index (χ1) is 17.3. The summed E-state index contributed by atoms with van der Waals surface area (Å²) in [4.78, 5) is 31.5. The number of halogens is 2. The third-order valence-electron chi connectivity index (χ3n) is 5.53. The first-order valence-electron chi connectivity index (χ1n) is 10.8. The van der Waals surface area contributed by atoms with E-state index in [1.807, 2.05) is 0 Å². The second kappa shape index (κ2) is 10.7. The molecule has 0 bridgehead atoms. The Bertz CT molecular complexity index is 1570. The van der Waals surface area contributed by atoms with Crippen LogP contribution in [0.4, 0.5) is 0 Å². The van der Waals surface area contributed by atoms with Gasteiger partial charge >= 0.3 is 5.97 Å². The molecule has 36 heavy (non-hydrogen) atoms. The number of allylic oxidation sites excluding steroid dienone is 1. The Morgan fingerprint density at radius 3 is 2.61 bits per heavy atom. The van der Waals surface area contributed by atoms with Gasteiger partial charge in [0.05, 0.1) is 46.1 Å². The molecule has 0 amide bonds. The van der Waals surface area contributed by atoms with E-state index in [0.717, 1.165) is 0 Å². The van der Waals surface area contributed by atoms with Crippen molar-refractivity contribution in [2.45, 2.75) is 13.0 Å². The van der Waals surface area contributed by atoms with E-state index in [1.54, 1.807) is 55.5 Å². The summed E-state index contributed by atoms with van der Waals surface area (Å²) >= 11 is 13.4. The number of methoxy groups -OCH3 is 2. The zero-order valence-corrected chi connectivity index (χ0v) is 22.0. The molecule has 3 aromatic rings. The van der Waals surface area contributed by atoms with Crippen molar-refractivity contribution in [3.8, 4) is 11.5 Å². The Morgan fingerprint density at radius 2 is 1.94 bits per heavy atom. The molecule has 0 saturated carbocycles. The number of hydrogen-bond donors (Lipinski definition) is 0. The third-order valence-corrected chi connectivity index (χ3v) is 7.25. The molecule has 0 aliphatic carbocycles. The van der Waals surface area contributed by atoms with Crippen molar-refractivity contribution in [2.75, 3.05) is 20.8 Å². The summed E-state index contributed by atoms with van der Waals surface area (Å²) in [5.74, 6) is 0.380. The highest BCUT2D eigenvalue weighted by molar-refractivity contribution is 7.07. The van der Waals surface area contributed by atoms with Gasteiger partial charge in [0, 0.05) is 0 Å². The summed E-state index contributed by atoms with van der Waals surface area (Å²) in [5, 5.41) is 0.800. The fourth-order valence-electron chi connectivity index (χ4n) is 3.88. The fraction of sp³-hybridized carbons (Fsp3) is 0.192. The molecular formula is C26H22Cl2N2O5S. The lowest BCUT2D eigenvalue weighted by atomic mass is 9.95. The second-order valence-electron chi connectivity index (χ2n) is 7.76. The zero-order valence-electron chi connectivity index (χ0n) is 19.7. The topological polar surface area (TPSA) is 79.1 Å². The van der Waals surface area contributed by atoms with Crippen LogP contribution in [0, 0.1) is 0 Å². The number of thiazole rings is 1. The fourth-order valence-corrected chi connectivity index (χ4v) is 5.24. The Kier molecular flexibility index (Phi) is 7.68. The van der Waals surface area contributed by atoms with E-state index in [0.29, 0.717) is 54.3 Å². The molecule has 2 heterocycles. The van der Waals surface area contributed by atoms with Crippen molar-refractivity contribution in [3.05, 3.63) is 101 Å². The monoisotopic (exact) mass is 544 g/mol. The lowest BCUT2D eigenvalue weighted by Crippen LogP contribution is -2.39. The summed E-state index contributed by atoms with van der Waals surface area (Å²) in [5.41, 5.74) is 1.75. The van der Waals surface area contributed by atoms with Gasteiger partial charge in [0.1, 0.15) is 6.61 Å². The van der Waals surface area contributed by atoms with Crippen molar-refractivity contribution in [3.63, 3.8) is 0 Å². The highest BCUT2D eigenvalue weighted by atomic mass is 35.5. The lowest BCUT2D eigenvalue weighted by Gasteiger charge is -2.25. The van der Waals surface area contributed by atoms with Gasteiger partial charge in [-0.15, -0.1) is 0 Å². The number of benzene rings is 2. The number of ether oxygens (including phenoxy) is 3. The van der Waals surface area contributed by atoms with E-state index in [1.165, 1.54) is 30.1 Å². The van der Waals surface area contributed by atoms with Crippen LogP contribution in [0.1, 0.15) is 24.1 Å². The van der Waals surface area contributed by atoms with Gasteiger partial charge < -0.3 is 14.2 Å². The molecule has 1 atom stereocenters. The van der Waals surface area contributed by atoms with Crippen LogP contribution in [0.15, 0.2) is 70.1 Å². The van der Waals surface area contributed by atoms with Crippen LogP contribution in [-0.4, -0.2) is 31.4 Å². The zero-order chi connectivity index (χ0) is 26.0. The van der Waals surface area contributed by atoms with Gasteiger partial charge in [0.25, 0.3) is 5.56 Å². The van der Waals surface area contributed by atoms with Crippen LogP contribution < -0.4 is 24.4 Å². The molecular weight excluding hydrogens is 523 g/mol. The second-order valence-corrected chi connectivity index (χ2v) is 9.58. The van der Waals surface area contributed by atoms with E-state index in [-0.39, 0.29) is 11.1 Å². The van der Waals surface area contributed by atoms with E-state index < -0.39 is 12.0 Å². The number of fused-ring (bicyclic) bond motifs is 1. The minimum absolute atomic E-state index is 0.257. The molecule has 2 aromatic carbocycles. The van der Waals surface area contributed by atoms with E-state index in [9.17, 15) is 9.59 Å². The third kappa shape index (κ3) is 4.84. The van der Waals surface area contributed by atoms with Gasteiger partial charge in [0.2, 0.25) is 0 Å². The van der Waals surface area contributed by atoms with Crippen molar-refractivity contribution in [2.24, 2.45) is 4.99 Å². The van der Waals surface area contributed by atoms with Crippen molar-refractivity contribution >= 4 is 46.6 Å². The predicted molar refractivity (Wildman–Crippen MR) is 141 cm³/mol. The quantitative estimate of drug-likeness (QED) is 0.327. The molecule has 0 saturated heterocycles. The van der Waals surface area contributed by atoms with Crippen LogP contribution in [0.2, 0.25) is 10.0 Å². The molecule has 0 spiro atoms. The molecule has 1 aliphatic rings. The van der Waals surface area contributed by atoms with Crippen LogP contribution in [0.3, 0.4) is 0 Å². The van der Waals surface area contributed by atoms with Crippen LogP contribution in [0.25, 0.3) is 6.08 Å². The number of hydrogen-bond acceptors (Lipinski definition) is 7. The molecule has 0 fully saturated rings. The van der Waals surface area contributed by atoms with E-state index >= 15 is 0 Å². The average Bonchev–Trinajstić information content (AvgIpc) is 3.17. The molecule has 7 nitrogen and oxygen atoms in total. The number of nitrogens with zero attached hydrogens (tertiary/aromatic N) is 2. The number of rotatable bonds is 7. The average molecular weight is 545 g/mol. The van der Waals surface area contributed by atoms with E-state index in [4.69, 9.17) is 37.4 Å². The van der Waals surface area contributed by atoms with Crippen LogP contribution in [0.5, 0.6) is 11.5 Å². The molecule has 0 N–H and O–H groups in total. The van der Waals surface area contributed by atoms with Gasteiger partial charge in [0.15, 0.2) is 16.3 Å². The van der Waals surface area contributed by atoms with Gasteiger partial charge in [-0.25, -0.2) is 9.79 Å². The number of aromatic nitrogens is 1. The largest absolute Gasteiger partial charge is 0.493 e. The molecule has 186 valence electrons. The molecule has 1 unspecified atom stereocenters. The Balaban J connectivity index is 1.94. The first kappa shape index (κ1) is 25.8. The smallest absolute Gasteiger partial charge is 0.338 e. The molecule has 1 aromatic heterocycles. The number of carbonyl (C=O) groups is 1. The Labute approximate surface area is 221 Å². The summed E-state index contributed by atoms with van der Waals surface area (Å²) < 4.78 is 18.2. The lowest BCUT2D eigenvalue weighted by molar-refractivity contribution is -0.136. The first-order valence-corrected chi connectivity index (χ1v) is 12.3. The summed E-state index contributed by atoms with van der Waals surface area (Å²) in [6.45, 7) is 5.67. The summed E-state index contributed by atoms with van der Waals surface area (Å²) in [6.07, 6.45) is 3.34. The summed E-state index contributed by atoms with van der Waals surface area (Å²) in [7, 11) is 2.81. The van der Waals surface area contributed by atoms with Gasteiger partial charge in [-0.3, -0.25) is 9.36 Å². The van der Waals surface area contributed by atoms with Crippen LogP contribution in [-0.2, 0) is 9.53 Å². The molecule has 4 rings (SSSR count). The number of carbonyl (C=O) groups excluding carboxylic acids is 1. The Morgan fingerprint density at radius 1 is 1.17 bits per heavy atom. The standard InChI is InChI=1S/C26H22Cl2N2O5S/c1-5-10-35-19-9-7-16(13-20(19)33-3)23-22(25(32)34-4)14(2)29-26-30(23)24(31)21(36-26)12-15-6-8-17(27)18(28)11-15/h5-9,11-13,23H,1,10H2,2-4H3. The molecule has 0 radical (unpaired) electrons. The molecule has 1 aliphatic heterocycles. The van der Waals surface area contributed by atoms with Gasteiger partial charge in [-0.2, -0.15) is 0 Å². The minimum atomic E-state index is -0.785. The highest BCUT2D eigenvalue weighted by Gasteiger charge is 2.33. The normalized spacial score (nSPS) is 15.2. The Hall–Kier alpha value is -3.33. The van der Waals surface area contributed by atoms with Crippen molar-refractivity contribution in [1.82, 2.24) is 4.57 Å². The number of esters is 1. The maximum absolute atomic E-state index is 13.7. The summed E-state index contributed by atoms with van der Waals surface area (Å²) in [6, 6.07) is 9.57.